The Bertz CT molecular complexity index is 1250. The summed E-state index contributed by atoms with van der Waals surface area (Å²) >= 11 is 3.13. The Morgan fingerprint density at radius 3 is 1.44 bits per heavy atom. The summed E-state index contributed by atoms with van der Waals surface area (Å²) in [5.74, 6) is -0.406. The van der Waals surface area contributed by atoms with E-state index >= 15 is 0 Å². The van der Waals surface area contributed by atoms with Gasteiger partial charge in [0.1, 0.15) is 10.0 Å². The summed E-state index contributed by atoms with van der Waals surface area (Å²) < 4.78 is 2.19. The topological polar surface area (TPSA) is 84.0 Å². The average Bonchev–Trinajstić information content (AvgIpc) is 3.44. The van der Waals surface area contributed by atoms with Crippen LogP contribution in [0, 0.1) is 0 Å². The fourth-order valence-electron chi connectivity index (χ4n) is 3.28. The van der Waals surface area contributed by atoms with Gasteiger partial charge in [0.2, 0.25) is 0 Å². The number of carbonyl (C=O) groups excluding carboxylic acids is 2. The SMILES string of the molecule is O=C(NCc1nc2ccccc2s1)c1ccc(C(=O)NCc2nc3ccccc3s2)cc1. The van der Waals surface area contributed by atoms with Crippen LogP contribution in [0.3, 0.4) is 0 Å². The number of benzene rings is 3. The highest BCUT2D eigenvalue weighted by molar-refractivity contribution is 7.18. The second-order valence-electron chi connectivity index (χ2n) is 7.09. The third-order valence-corrected chi connectivity index (χ3v) is 6.96. The monoisotopic (exact) mass is 458 g/mol. The lowest BCUT2D eigenvalue weighted by atomic mass is 10.1. The summed E-state index contributed by atoms with van der Waals surface area (Å²) in [5.41, 5.74) is 2.86. The van der Waals surface area contributed by atoms with E-state index in [0.717, 1.165) is 30.4 Å². The van der Waals surface area contributed by atoms with Gasteiger partial charge in [-0.15, -0.1) is 22.7 Å². The molecule has 0 radical (unpaired) electrons. The molecule has 2 aromatic heterocycles. The largest absolute Gasteiger partial charge is 0.346 e. The zero-order chi connectivity index (χ0) is 21.9. The van der Waals surface area contributed by atoms with Crippen molar-refractivity contribution in [2.45, 2.75) is 13.1 Å². The van der Waals surface area contributed by atoms with Gasteiger partial charge < -0.3 is 10.6 Å². The van der Waals surface area contributed by atoms with Crippen molar-refractivity contribution in [2.75, 3.05) is 0 Å². The van der Waals surface area contributed by atoms with Crippen LogP contribution in [0.5, 0.6) is 0 Å². The molecule has 3 aromatic carbocycles. The van der Waals surface area contributed by atoms with Crippen molar-refractivity contribution in [1.82, 2.24) is 20.6 Å². The summed E-state index contributed by atoms with van der Waals surface area (Å²) in [4.78, 5) is 34.0. The minimum absolute atomic E-state index is 0.203. The van der Waals surface area contributed by atoms with Crippen molar-refractivity contribution in [3.63, 3.8) is 0 Å². The first kappa shape index (κ1) is 20.3. The first-order chi connectivity index (χ1) is 15.7. The number of carbonyl (C=O) groups is 2. The Kier molecular flexibility index (Phi) is 5.62. The maximum atomic E-state index is 12.5. The van der Waals surface area contributed by atoms with Crippen LogP contribution < -0.4 is 10.6 Å². The van der Waals surface area contributed by atoms with Crippen molar-refractivity contribution < 1.29 is 9.59 Å². The Balaban J connectivity index is 1.17. The van der Waals surface area contributed by atoms with Gasteiger partial charge in [-0.1, -0.05) is 24.3 Å². The van der Waals surface area contributed by atoms with E-state index in [9.17, 15) is 9.59 Å². The minimum atomic E-state index is -0.203. The molecule has 0 aliphatic carbocycles. The number of aromatic nitrogens is 2. The minimum Gasteiger partial charge on any atom is -0.346 e. The van der Waals surface area contributed by atoms with Gasteiger partial charge in [-0.25, -0.2) is 9.97 Å². The molecule has 0 atom stereocenters. The van der Waals surface area contributed by atoms with E-state index in [-0.39, 0.29) is 11.8 Å². The van der Waals surface area contributed by atoms with Crippen LogP contribution in [0.15, 0.2) is 72.8 Å². The lowest BCUT2D eigenvalue weighted by molar-refractivity contribution is 0.0939. The Hall–Kier alpha value is -3.62. The molecular weight excluding hydrogens is 440 g/mol. The van der Waals surface area contributed by atoms with E-state index in [1.165, 1.54) is 0 Å². The van der Waals surface area contributed by atoms with Crippen LogP contribution in [0.1, 0.15) is 30.7 Å². The predicted molar refractivity (Wildman–Crippen MR) is 128 cm³/mol. The van der Waals surface area contributed by atoms with Crippen LogP contribution in [0.25, 0.3) is 20.4 Å². The zero-order valence-electron chi connectivity index (χ0n) is 16.9. The van der Waals surface area contributed by atoms with Crippen molar-refractivity contribution in [1.29, 1.82) is 0 Å². The fraction of sp³-hybridized carbons (Fsp3) is 0.0833. The number of nitrogens with zero attached hydrogens (tertiary/aromatic N) is 2. The summed E-state index contributed by atoms with van der Waals surface area (Å²) in [6.45, 7) is 0.727. The number of para-hydroxylation sites is 2. The Labute approximate surface area is 192 Å². The molecule has 5 rings (SSSR count). The molecule has 0 bridgehead atoms. The first-order valence-electron chi connectivity index (χ1n) is 10.0. The number of fused-ring (bicyclic) bond motifs is 2. The van der Waals surface area contributed by atoms with E-state index in [4.69, 9.17) is 0 Å². The first-order valence-corrected chi connectivity index (χ1v) is 11.6. The molecule has 2 amide bonds. The van der Waals surface area contributed by atoms with Crippen LogP contribution >= 0.6 is 22.7 Å². The summed E-state index contributed by atoms with van der Waals surface area (Å²) in [5, 5.41) is 7.48. The number of amides is 2. The van der Waals surface area contributed by atoms with Crippen LogP contribution in [0.2, 0.25) is 0 Å². The van der Waals surface area contributed by atoms with Crippen molar-refractivity contribution >= 4 is 54.9 Å². The molecule has 2 N–H and O–H groups in total. The van der Waals surface area contributed by atoms with Gasteiger partial charge in [0, 0.05) is 11.1 Å². The number of hydrogen-bond acceptors (Lipinski definition) is 6. The van der Waals surface area contributed by atoms with Crippen LogP contribution in [0.4, 0.5) is 0 Å². The molecule has 0 aliphatic rings. The van der Waals surface area contributed by atoms with Crippen LogP contribution in [-0.2, 0) is 13.1 Å². The molecule has 0 saturated carbocycles. The summed E-state index contributed by atoms with van der Waals surface area (Å²) in [6.07, 6.45) is 0. The normalized spacial score (nSPS) is 11.0. The van der Waals surface area contributed by atoms with Crippen molar-refractivity contribution in [3.05, 3.63) is 93.9 Å². The van der Waals surface area contributed by atoms with Gasteiger partial charge in [-0.3, -0.25) is 9.59 Å². The summed E-state index contributed by atoms with van der Waals surface area (Å²) in [6, 6.07) is 22.4. The second-order valence-corrected chi connectivity index (χ2v) is 9.32. The highest BCUT2D eigenvalue weighted by Crippen LogP contribution is 2.22. The standard InChI is InChI=1S/C24H18N4O2S2/c29-23(25-13-21-27-17-5-1-3-7-19(17)31-21)15-9-11-16(12-10-15)24(30)26-14-22-28-18-6-2-4-8-20(18)32-22/h1-12H,13-14H2,(H,25,29)(H,26,30). The molecule has 0 aliphatic heterocycles. The summed E-state index contributed by atoms with van der Waals surface area (Å²) in [7, 11) is 0. The lowest BCUT2D eigenvalue weighted by Gasteiger charge is -2.06. The fourth-order valence-corrected chi connectivity index (χ4v) is 5.09. The highest BCUT2D eigenvalue weighted by atomic mass is 32.1. The zero-order valence-corrected chi connectivity index (χ0v) is 18.5. The molecule has 0 saturated heterocycles. The highest BCUT2D eigenvalue weighted by Gasteiger charge is 2.11. The smallest absolute Gasteiger partial charge is 0.251 e. The molecular formula is C24H18N4O2S2. The van der Waals surface area contributed by atoms with Gasteiger partial charge >= 0.3 is 0 Å². The van der Waals surface area contributed by atoms with Gasteiger partial charge in [0.05, 0.1) is 33.5 Å². The third-order valence-electron chi connectivity index (χ3n) is 4.89. The third kappa shape index (κ3) is 4.37. The average molecular weight is 459 g/mol. The van der Waals surface area contributed by atoms with E-state index in [2.05, 4.69) is 20.6 Å². The molecule has 5 aromatic rings. The number of hydrogen-bond donors (Lipinski definition) is 2. The Morgan fingerprint density at radius 2 is 1.03 bits per heavy atom. The lowest BCUT2D eigenvalue weighted by Crippen LogP contribution is -2.24. The molecule has 2 heterocycles. The van der Waals surface area contributed by atoms with Gasteiger partial charge in [0.15, 0.2) is 0 Å². The molecule has 0 fully saturated rings. The van der Waals surface area contributed by atoms with Crippen LogP contribution in [-0.4, -0.2) is 21.8 Å². The molecule has 8 heteroatoms. The maximum Gasteiger partial charge on any atom is 0.251 e. The maximum absolute atomic E-state index is 12.5. The van der Waals surface area contributed by atoms with E-state index in [1.807, 2.05) is 48.5 Å². The van der Waals surface area contributed by atoms with Gasteiger partial charge in [-0.2, -0.15) is 0 Å². The molecule has 158 valence electrons. The quantitative estimate of drug-likeness (QED) is 0.384. The van der Waals surface area contributed by atoms with E-state index < -0.39 is 0 Å². The number of rotatable bonds is 6. The Morgan fingerprint density at radius 1 is 0.625 bits per heavy atom. The number of nitrogens with one attached hydrogen (secondary N) is 2. The number of thiazole rings is 2. The van der Waals surface area contributed by atoms with Crippen molar-refractivity contribution in [3.8, 4) is 0 Å². The predicted octanol–water partition coefficient (Wildman–Crippen LogP) is 4.77. The van der Waals surface area contributed by atoms with Gasteiger partial charge in [0.25, 0.3) is 11.8 Å². The molecule has 0 spiro atoms. The molecule has 6 nitrogen and oxygen atoms in total. The molecule has 32 heavy (non-hydrogen) atoms. The second kappa shape index (κ2) is 8.86. The van der Waals surface area contributed by atoms with E-state index in [0.29, 0.717) is 24.2 Å². The van der Waals surface area contributed by atoms with Crippen molar-refractivity contribution in [2.24, 2.45) is 0 Å². The van der Waals surface area contributed by atoms with E-state index in [1.54, 1.807) is 46.9 Å². The van der Waals surface area contributed by atoms with Gasteiger partial charge in [-0.05, 0) is 48.5 Å². The molecule has 0 unspecified atom stereocenters.